The molecule has 1 aromatic carbocycles. The zero-order valence-electron chi connectivity index (χ0n) is 20.1. The Balaban J connectivity index is 1.36. The molecule has 0 saturated heterocycles. The summed E-state index contributed by atoms with van der Waals surface area (Å²) >= 11 is 0. The smallest absolute Gasteiger partial charge is 0.274 e. The summed E-state index contributed by atoms with van der Waals surface area (Å²) in [6, 6.07) is 6.01. The normalized spacial score (nSPS) is 22.9. The number of aromatic nitrogens is 2. The van der Waals surface area contributed by atoms with Crippen LogP contribution in [0.25, 0.3) is 0 Å². The van der Waals surface area contributed by atoms with Crippen LogP contribution in [-0.2, 0) is 17.9 Å². The zero-order valence-corrected chi connectivity index (χ0v) is 20.1. The number of halogens is 1. The van der Waals surface area contributed by atoms with Crippen LogP contribution in [0.5, 0.6) is 0 Å². The van der Waals surface area contributed by atoms with E-state index in [1.807, 2.05) is 0 Å². The van der Waals surface area contributed by atoms with Crippen molar-refractivity contribution in [2.45, 2.75) is 89.0 Å². The molecule has 1 aliphatic heterocycles. The number of nitrogens with zero attached hydrogens (tertiary/aromatic N) is 3. The van der Waals surface area contributed by atoms with Crippen molar-refractivity contribution in [2.24, 2.45) is 0 Å². The summed E-state index contributed by atoms with van der Waals surface area (Å²) in [5, 5.41) is 6.00. The molecule has 0 unspecified atom stereocenters. The average Bonchev–Trinajstić information content (AvgIpc) is 3.62. The number of carbonyl (C=O) groups excluding carboxylic acids is 3. The molecular weight excluding hydrogens is 449 g/mol. The lowest BCUT2D eigenvalue weighted by atomic mass is 9.93. The second-order valence-electron chi connectivity index (χ2n) is 10.2. The topological polar surface area (TPSA) is 96.3 Å². The highest BCUT2D eigenvalue weighted by atomic mass is 19.1. The molecule has 0 spiro atoms. The number of fused-ring (bicyclic) bond motifs is 1. The highest BCUT2D eigenvalue weighted by Crippen LogP contribution is 2.39. The first kappa shape index (κ1) is 23.5. The van der Waals surface area contributed by atoms with Crippen LogP contribution in [0.15, 0.2) is 30.6 Å². The number of carbonyl (C=O) groups is 3. The fourth-order valence-electron chi connectivity index (χ4n) is 5.37. The van der Waals surface area contributed by atoms with Crippen LogP contribution in [-0.4, -0.2) is 49.8 Å². The number of imidazole rings is 1. The van der Waals surface area contributed by atoms with Crippen molar-refractivity contribution < 1.29 is 18.8 Å². The zero-order chi connectivity index (χ0) is 24.6. The van der Waals surface area contributed by atoms with Crippen LogP contribution in [0.3, 0.4) is 0 Å². The Morgan fingerprint density at radius 1 is 1.09 bits per heavy atom. The van der Waals surface area contributed by atoms with Gasteiger partial charge in [-0.2, -0.15) is 0 Å². The number of benzene rings is 1. The number of hydrogen-bond donors (Lipinski definition) is 2. The van der Waals surface area contributed by atoms with Gasteiger partial charge in [-0.05, 0) is 50.3 Å². The van der Waals surface area contributed by atoms with Gasteiger partial charge in [-0.1, -0.05) is 37.8 Å². The maximum Gasteiger partial charge on any atom is 0.274 e. The standard InChI is InChI=1S/C26H32FN5O3/c1-26(25(35)28-14-17-8-10-18(27)11-9-17)15-31-16-29-21(22(31)24(34)32(26)20-12-13-20)23(33)30-19-6-4-2-3-5-7-19/h8-11,16,19-20H,2-7,12-15H2,1H3,(H,28,35)(H,30,33)/t26-/m0/s1. The molecule has 2 aromatic rings. The molecule has 2 fully saturated rings. The van der Waals surface area contributed by atoms with Crippen molar-refractivity contribution in [1.82, 2.24) is 25.1 Å². The van der Waals surface area contributed by atoms with Gasteiger partial charge in [0.1, 0.15) is 17.1 Å². The molecule has 0 bridgehead atoms. The molecule has 1 atom stereocenters. The van der Waals surface area contributed by atoms with E-state index < -0.39 is 5.54 Å². The summed E-state index contributed by atoms with van der Waals surface area (Å²) in [5.41, 5.74) is 0.0378. The molecule has 2 heterocycles. The number of rotatable bonds is 6. The second-order valence-corrected chi connectivity index (χ2v) is 10.2. The Bertz CT molecular complexity index is 1120. The van der Waals surface area contributed by atoms with E-state index in [0.717, 1.165) is 44.1 Å². The lowest BCUT2D eigenvalue weighted by molar-refractivity contribution is -0.133. The van der Waals surface area contributed by atoms with Crippen molar-refractivity contribution in [2.75, 3.05) is 0 Å². The van der Waals surface area contributed by atoms with Crippen LogP contribution < -0.4 is 10.6 Å². The summed E-state index contributed by atoms with van der Waals surface area (Å²) < 4.78 is 14.8. The Kier molecular flexibility index (Phi) is 6.34. The van der Waals surface area contributed by atoms with E-state index >= 15 is 0 Å². The first-order valence-electron chi connectivity index (χ1n) is 12.6. The summed E-state index contributed by atoms with van der Waals surface area (Å²) in [6.07, 6.45) is 9.57. The Morgan fingerprint density at radius 3 is 2.43 bits per heavy atom. The fourth-order valence-corrected chi connectivity index (χ4v) is 5.37. The molecule has 1 aromatic heterocycles. The van der Waals surface area contributed by atoms with Crippen LogP contribution in [0.1, 0.15) is 84.8 Å². The lowest BCUT2D eigenvalue weighted by Gasteiger charge is -2.44. The first-order chi connectivity index (χ1) is 16.9. The van der Waals surface area contributed by atoms with Gasteiger partial charge in [-0.25, -0.2) is 9.37 Å². The van der Waals surface area contributed by atoms with Crippen LogP contribution >= 0.6 is 0 Å². The maximum atomic E-state index is 13.7. The highest BCUT2D eigenvalue weighted by molar-refractivity contribution is 6.07. The van der Waals surface area contributed by atoms with Crippen molar-refractivity contribution in [3.05, 3.63) is 53.4 Å². The Morgan fingerprint density at radius 2 is 1.77 bits per heavy atom. The summed E-state index contributed by atoms with van der Waals surface area (Å²) in [4.78, 5) is 46.2. The predicted molar refractivity (Wildman–Crippen MR) is 127 cm³/mol. The molecule has 3 aliphatic rings. The highest BCUT2D eigenvalue weighted by Gasteiger charge is 2.53. The number of nitrogens with one attached hydrogen (secondary N) is 2. The lowest BCUT2D eigenvalue weighted by Crippen LogP contribution is -2.64. The number of amides is 3. The van der Waals surface area contributed by atoms with E-state index in [4.69, 9.17) is 0 Å². The van der Waals surface area contributed by atoms with E-state index in [1.165, 1.54) is 31.3 Å². The maximum absolute atomic E-state index is 13.7. The average molecular weight is 482 g/mol. The number of hydrogen-bond acceptors (Lipinski definition) is 4. The quantitative estimate of drug-likeness (QED) is 0.620. The van der Waals surface area contributed by atoms with Gasteiger partial charge in [-0.3, -0.25) is 14.4 Å². The van der Waals surface area contributed by atoms with Crippen molar-refractivity contribution in [1.29, 1.82) is 0 Å². The van der Waals surface area contributed by atoms with Crippen molar-refractivity contribution in [3.63, 3.8) is 0 Å². The molecule has 186 valence electrons. The van der Waals surface area contributed by atoms with E-state index in [-0.39, 0.29) is 60.1 Å². The molecule has 2 saturated carbocycles. The summed E-state index contributed by atoms with van der Waals surface area (Å²) in [5.74, 6) is -1.27. The van der Waals surface area contributed by atoms with E-state index in [0.29, 0.717) is 0 Å². The van der Waals surface area contributed by atoms with Gasteiger partial charge in [0, 0.05) is 18.6 Å². The molecule has 35 heavy (non-hydrogen) atoms. The minimum Gasteiger partial charge on any atom is -0.350 e. The van der Waals surface area contributed by atoms with Crippen LogP contribution in [0.4, 0.5) is 4.39 Å². The third-order valence-corrected chi connectivity index (χ3v) is 7.44. The molecule has 2 N–H and O–H groups in total. The minimum atomic E-state index is -1.12. The summed E-state index contributed by atoms with van der Waals surface area (Å²) in [7, 11) is 0. The van der Waals surface area contributed by atoms with Gasteiger partial charge < -0.3 is 20.1 Å². The van der Waals surface area contributed by atoms with E-state index in [1.54, 1.807) is 28.5 Å². The van der Waals surface area contributed by atoms with E-state index in [2.05, 4.69) is 15.6 Å². The molecule has 5 rings (SSSR count). The molecule has 9 heteroatoms. The Labute approximate surface area is 204 Å². The minimum absolute atomic E-state index is 0.0366. The van der Waals surface area contributed by atoms with Gasteiger partial charge in [-0.15, -0.1) is 0 Å². The molecular formula is C26H32FN5O3. The monoisotopic (exact) mass is 481 g/mol. The van der Waals surface area contributed by atoms with Crippen molar-refractivity contribution in [3.8, 4) is 0 Å². The third-order valence-electron chi connectivity index (χ3n) is 7.44. The molecule has 8 nitrogen and oxygen atoms in total. The van der Waals surface area contributed by atoms with Gasteiger partial charge in [0.05, 0.1) is 12.9 Å². The van der Waals surface area contributed by atoms with Crippen LogP contribution in [0, 0.1) is 5.82 Å². The van der Waals surface area contributed by atoms with Crippen LogP contribution in [0.2, 0.25) is 0 Å². The SMILES string of the molecule is C[C@@]1(C(=O)NCc2ccc(F)cc2)Cn2cnc(C(=O)NC3CCCCCC3)c2C(=O)N1C1CC1. The van der Waals surface area contributed by atoms with Gasteiger partial charge in [0.2, 0.25) is 5.91 Å². The van der Waals surface area contributed by atoms with Gasteiger partial charge >= 0.3 is 0 Å². The van der Waals surface area contributed by atoms with Gasteiger partial charge in [0.15, 0.2) is 5.69 Å². The van der Waals surface area contributed by atoms with E-state index in [9.17, 15) is 18.8 Å². The summed E-state index contributed by atoms with van der Waals surface area (Å²) in [6.45, 7) is 2.20. The third kappa shape index (κ3) is 4.68. The molecule has 2 aliphatic carbocycles. The first-order valence-corrected chi connectivity index (χ1v) is 12.6. The predicted octanol–water partition coefficient (Wildman–Crippen LogP) is 3.17. The molecule has 0 radical (unpaired) electrons. The van der Waals surface area contributed by atoms with Crippen molar-refractivity contribution >= 4 is 17.7 Å². The van der Waals surface area contributed by atoms with Gasteiger partial charge in [0.25, 0.3) is 11.8 Å². The molecule has 3 amide bonds. The Hall–Kier alpha value is -3.23. The second kappa shape index (κ2) is 9.43. The fraction of sp³-hybridized carbons (Fsp3) is 0.538. The largest absolute Gasteiger partial charge is 0.350 e.